The van der Waals surface area contributed by atoms with E-state index in [-0.39, 0.29) is 80.6 Å². The summed E-state index contributed by atoms with van der Waals surface area (Å²) in [5.41, 5.74) is 0.778. The number of ether oxygens (including phenoxy) is 1. The molecule has 0 aliphatic carbocycles. The van der Waals surface area contributed by atoms with E-state index >= 15 is 0 Å². The molecular formula is C38H46FN5O6. The van der Waals surface area contributed by atoms with Gasteiger partial charge in [0.2, 0.25) is 23.6 Å². The van der Waals surface area contributed by atoms with Crippen molar-refractivity contribution in [2.24, 2.45) is 0 Å². The van der Waals surface area contributed by atoms with Gasteiger partial charge in [0.15, 0.2) is 0 Å². The number of hydrogen-bond acceptors (Lipinski definition) is 6. The van der Waals surface area contributed by atoms with Crippen molar-refractivity contribution in [1.29, 1.82) is 0 Å². The van der Waals surface area contributed by atoms with E-state index in [1.807, 2.05) is 49.4 Å². The van der Waals surface area contributed by atoms with Gasteiger partial charge in [0, 0.05) is 59.0 Å². The molecule has 0 aromatic heterocycles. The molecule has 0 radical (unpaired) electrons. The highest BCUT2D eigenvalue weighted by molar-refractivity contribution is 5.99. The zero-order chi connectivity index (χ0) is 35.8. The fourth-order valence-electron chi connectivity index (χ4n) is 6.57. The summed E-state index contributed by atoms with van der Waals surface area (Å²) in [6, 6.07) is 15.6. The van der Waals surface area contributed by atoms with Gasteiger partial charge in [-0.25, -0.2) is 4.39 Å². The Balaban J connectivity index is 1.38. The zero-order valence-corrected chi connectivity index (χ0v) is 29.0. The predicted octanol–water partition coefficient (Wildman–Crippen LogP) is 4.03. The molecule has 3 aromatic rings. The third-order valence-electron chi connectivity index (χ3n) is 9.55. The Morgan fingerprint density at radius 1 is 0.960 bits per heavy atom. The summed E-state index contributed by atoms with van der Waals surface area (Å²) in [7, 11) is 3.06. The fourth-order valence-corrected chi connectivity index (χ4v) is 6.57. The molecule has 2 N–H and O–H groups in total. The maximum Gasteiger partial charge on any atom is 0.258 e. The third kappa shape index (κ3) is 8.96. The maximum absolute atomic E-state index is 14.6. The molecule has 12 heteroatoms. The second kappa shape index (κ2) is 16.6. The maximum atomic E-state index is 14.6. The summed E-state index contributed by atoms with van der Waals surface area (Å²) in [5.74, 6) is -2.25. The predicted molar refractivity (Wildman–Crippen MR) is 187 cm³/mol. The number of halogens is 1. The Bertz CT molecular complexity index is 1730. The van der Waals surface area contributed by atoms with E-state index < -0.39 is 29.7 Å². The molecule has 5 amide bonds. The van der Waals surface area contributed by atoms with Crippen molar-refractivity contribution in [3.8, 4) is 5.75 Å². The average Bonchev–Trinajstić information content (AvgIpc) is 3.52. The molecule has 0 unspecified atom stereocenters. The van der Waals surface area contributed by atoms with Gasteiger partial charge in [0.1, 0.15) is 24.2 Å². The lowest BCUT2D eigenvalue weighted by molar-refractivity contribution is -0.135. The van der Waals surface area contributed by atoms with Crippen molar-refractivity contribution in [2.75, 3.05) is 33.8 Å². The van der Waals surface area contributed by atoms with Crippen LogP contribution >= 0.6 is 0 Å². The summed E-state index contributed by atoms with van der Waals surface area (Å²) in [6.45, 7) is 2.65. The minimum Gasteiger partial charge on any atom is -0.491 e. The van der Waals surface area contributed by atoms with E-state index in [4.69, 9.17) is 4.74 Å². The quantitative estimate of drug-likeness (QED) is 0.386. The normalized spacial score (nSPS) is 20.7. The molecule has 1 fully saturated rings. The molecule has 50 heavy (non-hydrogen) atoms. The average molecular weight is 688 g/mol. The molecule has 11 nitrogen and oxygen atoms in total. The van der Waals surface area contributed by atoms with Crippen molar-refractivity contribution in [3.63, 3.8) is 0 Å². The van der Waals surface area contributed by atoms with E-state index in [9.17, 15) is 28.4 Å². The molecule has 3 atom stereocenters. The zero-order valence-electron chi connectivity index (χ0n) is 29.0. The molecule has 2 heterocycles. The first-order chi connectivity index (χ1) is 24.0. The van der Waals surface area contributed by atoms with Crippen LogP contribution in [0.5, 0.6) is 5.75 Å². The van der Waals surface area contributed by atoms with Crippen LogP contribution in [0, 0.1) is 5.82 Å². The summed E-state index contributed by atoms with van der Waals surface area (Å²) in [4.78, 5) is 71.3. The Morgan fingerprint density at radius 2 is 1.74 bits per heavy atom. The Hall–Kier alpha value is -5.00. The molecule has 0 spiro atoms. The number of nitrogens with one attached hydrogen (secondary N) is 2. The summed E-state index contributed by atoms with van der Waals surface area (Å²) in [6.07, 6.45) is 2.47. The monoisotopic (exact) mass is 687 g/mol. The number of amides is 5. The van der Waals surface area contributed by atoms with Gasteiger partial charge < -0.3 is 30.1 Å². The lowest BCUT2D eigenvalue weighted by Gasteiger charge is -2.30. The number of rotatable bonds is 7. The number of carbonyl (C=O) groups is 5. The van der Waals surface area contributed by atoms with E-state index in [1.54, 1.807) is 11.9 Å². The first-order valence-electron chi connectivity index (χ1n) is 17.3. The summed E-state index contributed by atoms with van der Waals surface area (Å²) in [5, 5.41) is 8.03. The Labute approximate surface area is 292 Å². The topological polar surface area (TPSA) is 128 Å². The number of nitrogens with zero attached hydrogens (tertiary/aromatic N) is 3. The first-order valence-corrected chi connectivity index (χ1v) is 17.3. The lowest BCUT2D eigenvalue weighted by Crippen LogP contribution is -2.48. The van der Waals surface area contributed by atoms with Gasteiger partial charge in [-0.05, 0) is 59.9 Å². The molecule has 266 valence electrons. The van der Waals surface area contributed by atoms with Crippen molar-refractivity contribution < 1.29 is 33.1 Å². The Morgan fingerprint density at radius 3 is 2.52 bits per heavy atom. The highest BCUT2D eigenvalue weighted by Crippen LogP contribution is 2.27. The summed E-state index contributed by atoms with van der Waals surface area (Å²) < 4.78 is 20.8. The minimum absolute atomic E-state index is 0.00201. The SMILES string of the molecule is CCCCC(=O)N[C@@H]1C[C@H]2COc3ccc(F)cc3C(=O)N(C)[C@H](C(=O)NCc3ccc4ccccc4c3)CCC(=O)N(C)CCC(=O)N2C1. The highest BCUT2D eigenvalue weighted by Gasteiger charge is 2.37. The number of fused-ring (bicyclic) bond motifs is 3. The van der Waals surface area contributed by atoms with Crippen LogP contribution in [0.3, 0.4) is 0 Å². The van der Waals surface area contributed by atoms with Gasteiger partial charge in [0.25, 0.3) is 5.91 Å². The van der Waals surface area contributed by atoms with Crippen LogP contribution in [-0.2, 0) is 25.7 Å². The van der Waals surface area contributed by atoms with Crippen LogP contribution in [0.15, 0.2) is 60.7 Å². The highest BCUT2D eigenvalue weighted by atomic mass is 19.1. The Kier molecular flexibility index (Phi) is 12.0. The van der Waals surface area contributed by atoms with Crippen LogP contribution in [0.2, 0.25) is 0 Å². The number of carbonyl (C=O) groups excluding carboxylic acids is 5. The van der Waals surface area contributed by atoms with Crippen LogP contribution in [0.1, 0.15) is 67.8 Å². The van der Waals surface area contributed by atoms with E-state index in [0.29, 0.717) is 12.8 Å². The third-order valence-corrected chi connectivity index (χ3v) is 9.55. The molecular weight excluding hydrogens is 641 g/mol. The largest absolute Gasteiger partial charge is 0.491 e. The van der Waals surface area contributed by atoms with Crippen LogP contribution in [0.25, 0.3) is 10.8 Å². The molecule has 3 aromatic carbocycles. The summed E-state index contributed by atoms with van der Waals surface area (Å²) >= 11 is 0. The van der Waals surface area contributed by atoms with Gasteiger partial charge in [-0.1, -0.05) is 49.7 Å². The van der Waals surface area contributed by atoms with Crippen LogP contribution in [0.4, 0.5) is 4.39 Å². The van der Waals surface area contributed by atoms with Gasteiger partial charge in [0.05, 0.1) is 11.6 Å². The first kappa shape index (κ1) is 36.3. The molecule has 2 aliphatic rings. The van der Waals surface area contributed by atoms with Crippen molar-refractivity contribution in [3.05, 3.63) is 77.6 Å². The van der Waals surface area contributed by atoms with E-state index in [0.717, 1.165) is 35.2 Å². The van der Waals surface area contributed by atoms with Crippen LogP contribution < -0.4 is 15.4 Å². The van der Waals surface area contributed by atoms with Crippen molar-refractivity contribution in [1.82, 2.24) is 25.3 Å². The second-order valence-corrected chi connectivity index (χ2v) is 13.2. The van der Waals surface area contributed by atoms with Gasteiger partial charge in [-0.15, -0.1) is 0 Å². The number of likely N-dealkylation sites (N-methyl/N-ethyl adjacent to an activating group) is 1. The molecule has 2 aliphatic heterocycles. The van der Waals surface area contributed by atoms with Crippen molar-refractivity contribution >= 4 is 40.3 Å². The van der Waals surface area contributed by atoms with Gasteiger partial charge in [-0.3, -0.25) is 24.0 Å². The molecule has 1 saturated heterocycles. The van der Waals surface area contributed by atoms with E-state index in [1.165, 1.54) is 29.0 Å². The molecule has 0 bridgehead atoms. The smallest absolute Gasteiger partial charge is 0.258 e. The number of hydrogen-bond donors (Lipinski definition) is 2. The van der Waals surface area contributed by atoms with E-state index in [2.05, 4.69) is 10.6 Å². The molecule has 0 saturated carbocycles. The minimum atomic E-state index is -1.06. The van der Waals surface area contributed by atoms with Gasteiger partial charge >= 0.3 is 0 Å². The fraction of sp³-hybridized carbons (Fsp3) is 0.447. The van der Waals surface area contributed by atoms with Gasteiger partial charge in [-0.2, -0.15) is 0 Å². The number of unbranched alkanes of at least 4 members (excludes halogenated alkanes) is 1. The lowest BCUT2D eigenvalue weighted by atomic mass is 10.0. The van der Waals surface area contributed by atoms with Crippen molar-refractivity contribution in [2.45, 2.75) is 76.5 Å². The number of benzene rings is 3. The standard InChI is InChI=1S/C38H46FN5O6/c1-4-5-10-34(45)41-29-21-30-24-50-33-15-13-28(39)20-31(33)38(49)43(3)32(14-16-35(46)42(2)18-17-36(47)44(30)23-29)37(48)40-22-25-11-12-26-8-6-7-9-27(26)19-25/h6-9,11-13,15,19-20,29-30,32H,4-5,10,14,16-18,21-24H2,1-3H3,(H,40,48)(H,41,45)/t29-,30+,32+/m1/s1. The van der Waals surface area contributed by atoms with Crippen LogP contribution in [-0.4, -0.2) is 96.2 Å². The second-order valence-electron chi connectivity index (χ2n) is 13.2. The molecule has 5 rings (SSSR count).